The summed E-state index contributed by atoms with van der Waals surface area (Å²) in [5, 5.41) is 13.2. The van der Waals surface area contributed by atoms with Gasteiger partial charge in [0.25, 0.3) is 0 Å². The van der Waals surface area contributed by atoms with Gasteiger partial charge in [-0.05, 0) is 37.9 Å². The first kappa shape index (κ1) is 11.8. The van der Waals surface area contributed by atoms with Gasteiger partial charge in [-0.1, -0.05) is 17.7 Å². The topological polar surface area (TPSA) is 39.1 Å². The lowest BCUT2D eigenvalue weighted by Gasteiger charge is -2.22. The predicted octanol–water partition coefficient (Wildman–Crippen LogP) is 2.86. The average molecular weight is 262 g/mol. The van der Waals surface area contributed by atoms with E-state index in [0.29, 0.717) is 22.7 Å². The molecule has 0 saturated carbocycles. The Kier molecular flexibility index (Phi) is 3.15. The number of nitrogens with zero attached hydrogens (tertiary/aromatic N) is 2. The van der Waals surface area contributed by atoms with Gasteiger partial charge in [-0.15, -0.1) is 0 Å². The SMILES string of the molecule is N#Cc1c(Cl)cccc1NC1CCN2CCCC12. The van der Waals surface area contributed by atoms with Crippen molar-refractivity contribution in [2.75, 3.05) is 18.4 Å². The Hall–Kier alpha value is -1.24. The number of hydrogen-bond donors (Lipinski definition) is 1. The van der Waals surface area contributed by atoms with Crippen LogP contribution in [0.4, 0.5) is 5.69 Å². The summed E-state index contributed by atoms with van der Waals surface area (Å²) in [6.45, 7) is 2.40. The zero-order valence-corrected chi connectivity index (χ0v) is 11.0. The summed E-state index contributed by atoms with van der Waals surface area (Å²) in [5.41, 5.74) is 1.44. The van der Waals surface area contributed by atoms with Gasteiger partial charge in [0, 0.05) is 18.6 Å². The van der Waals surface area contributed by atoms with Gasteiger partial charge in [0.2, 0.25) is 0 Å². The highest BCUT2D eigenvalue weighted by Gasteiger charge is 2.37. The predicted molar refractivity (Wildman–Crippen MR) is 72.8 cm³/mol. The summed E-state index contributed by atoms with van der Waals surface area (Å²) in [6, 6.07) is 8.89. The van der Waals surface area contributed by atoms with Crippen LogP contribution in [-0.4, -0.2) is 30.1 Å². The summed E-state index contributed by atoms with van der Waals surface area (Å²) in [7, 11) is 0. The van der Waals surface area contributed by atoms with Crippen LogP contribution in [0.15, 0.2) is 18.2 Å². The first-order valence-electron chi connectivity index (χ1n) is 6.49. The van der Waals surface area contributed by atoms with Gasteiger partial charge in [0.05, 0.1) is 16.3 Å². The summed E-state index contributed by atoms with van der Waals surface area (Å²) < 4.78 is 0. The smallest absolute Gasteiger partial charge is 0.103 e. The Morgan fingerprint density at radius 1 is 1.33 bits per heavy atom. The summed E-state index contributed by atoms with van der Waals surface area (Å²) >= 11 is 6.05. The molecule has 94 valence electrons. The number of anilines is 1. The molecule has 0 radical (unpaired) electrons. The standard InChI is InChI=1S/C14H16ClN3/c15-11-3-1-4-12(10(11)9-16)17-13-6-8-18-7-2-5-14(13)18/h1,3-4,13-14,17H,2,5-8H2. The molecule has 0 aromatic heterocycles. The first-order chi connectivity index (χ1) is 8.79. The number of benzene rings is 1. The zero-order valence-electron chi connectivity index (χ0n) is 10.2. The van der Waals surface area contributed by atoms with Gasteiger partial charge in [-0.25, -0.2) is 0 Å². The fourth-order valence-electron chi connectivity index (χ4n) is 3.21. The van der Waals surface area contributed by atoms with E-state index in [1.54, 1.807) is 6.07 Å². The van der Waals surface area contributed by atoms with Crippen LogP contribution in [0.25, 0.3) is 0 Å². The third kappa shape index (κ3) is 1.96. The van der Waals surface area contributed by atoms with Crippen molar-refractivity contribution in [2.45, 2.75) is 31.3 Å². The Balaban J connectivity index is 1.81. The van der Waals surface area contributed by atoms with Crippen molar-refractivity contribution in [2.24, 2.45) is 0 Å². The molecule has 2 fully saturated rings. The molecular formula is C14H16ClN3. The number of nitriles is 1. The second-order valence-corrected chi connectivity index (χ2v) is 5.47. The van der Waals surface area contributed by atoms with Gasteiger partial charge in [0.15, 0.2) is 0 Å². The van der Waals surface area contributed by atoms with E-state index in [1.165, 1.54) is 25.9 Å². The van der Waals surface area contributed by atoms with Crippen molar-refractivity contribution in [1.82, 2.24) is 4.90 Å². The van der Waals surface area contributed by atoms with E-state index in [0.717, 1.165) is 12.1 Å². The lowest BCUT2D eigenvalue weighted by atomic mass is 10.1. The molecule has 0 amide bonds. The molecule has 1 aromatic carbocycles. The van der Waals surface area contributed by atoms with Gasteiger partial charge in [0.1, 0.15) is 6.07 Å². The molecule has 0 bridgehead atoms. The Labute approximate surface area is 112 Å². The number of hydrogen-bond acceptors (Lipinski definition) is 3. The van der Waals surface area contributed by atoms with E-state index in [2.05, 4.69) is 16.3 Å². The summed E-state index contributed by atoms with van der Waals surface area (Å²) in [4.78, 5) is 2.55. The molecule has 4 heteroatoms. The lowest BCUT2D eigenvalue weighted by molar-refractivity contribution is 0.318. The molecule has 3 rings (SSSR count). The van der Waals surface area contributed by atoms with Crippen molar-refractivity contribution < 1.29 is 0 Å². The molecule has 2 atom stereocenters. The summed E-state index contributed by atoms with van der Waals surface area (Å²) in [6.07, 6.45) is 3.71. The quantitative estimate of drug-likeness (QED) is 0.890. The maximum atomic E-state index is 9.18. The van der Waals surface area contributed by atoms with E-state index in [1.807, 2.05) is 12.1 Å². The van der Waals surface area contributed by atoms with Crippen LogP contribution in [0.2, 0.25) is 5.02 Å². The molecule has 18 heavy (non-hydrogen) atoms. The zero-order chi connectivity index (χ0) is 12.5. The average Bonchev–Trinajstić information content (AvgIpc) is 2.94. The van der Waals surface area contributed by atoms with Crippen molar-refractivity contribution in [3.05, 3.63) is 28.8 Å². The Morgan fingerprint density at radius 3 is 3.06 bits per heavy atom. The van der Waals surface area contributed by atoms with Gasteiger partial charge in [-0.2, -0.15) is 5.26 Å². The third-order valence-corrected chi connectivity index (χ3v) is 4.39. The second-order valence-electron chi connectivity index (χ2n) is 5.06. The highest BCUT2D eigenvalue weighted by molar-refractivity contribution is 6.32. The third-order valence-electron chi connectivity index (χ3n) is 4.07. The fourth-order valence-corrected chi connectivity index (χ4v) is 3.43. The van der Waals surface area contributed by atoms with Crippen LogP contribution in [0, 0.1) is 11.3 Å². The lowest BCUT2D eigenvalue weighted by Crippen LogP contribution is -2.33. The minimum Gasteiger partial charge on any atom is -0.380 e. The maximum absolute atomic E-state index is 9.18. The normalized spacial score (nSPS) is 26.9. The molecule has 1 N–H and O–H groups in total. The Bertz CT molecular complexity index is 494. The molecule has 2 heterocycles. The van der Waals surface area contributed by atoms with Crippen LogP contribution in [-0.2, 0) is 0 Å². The first-order valence-corrected chi connectivity index (χ1v) is 6.86. The fraction of sp³-hybridized carbons (Fsp3) is 0.500. The molecule has 0 aliphatic carbocycles. The van der Waals surface area contributed by atoms with Crippen molar-refractivity contribution >= 4 is 17.3 Å². The van der Waals surface area contributed by atoms with Crippen LogP contribution in [0.5, 0.6) is 0 Å². The van der Waals surface area contributed by atoms with E-state index in [9.17, 15) is 5.26 Å². The molecule has 2 aliphatic rings. The minimum absolute atomic E-state index is 0.457. The molecule has 1 aromatic rings. The number of nitrogens with one attached hydrogen (secondary N) is 1. The van der Waals surface area contributed by atoms with Crippen molar-refractivity contribution in [1.29, 1.82) is 5.26 Å². The van der Waals surface area contributed by atoms with Crippen LogP contribution < -0.4 is 5.32 Å². The van der Waals surface area contributed by atoms with Gasteiger partial charge < -0.3 is 5.32 Å². The van der Waals surface area contributed by atoms with Crippen LogP contribution in [0.1, 0.15) is 24.8 Å². The molecule has 2 aliphatic heterocycles. The minimum atomic E-state index is 0.457. The molecule has 3 nitrogen and oxygen atoms in total. The largest absolute Gasteiger partial charge is 0.380 e. The van der Waals surface area contributed by atoms with Crippen molar-refractivity contribution in [3.8, 4) is 6.07 Å². The maximum Gasteiger partial charge on any atom is 0.103 e. The van der Waals surface area contributed by atoms with Gasteiger partial charge >= 0.3 is 0 Å². The van der Waals surface area contributed by atoms with E-state index < -0.39 is 0 Å². The molecule has 2 saturated heterocycles. The highest BCUT2D eigenvalue weighted by atomic mass is 35.5. The van der Waals surface area contributed by atoms with Crippen LogP contribution >= 0.6 is 11.6 Å². The van der Waals surface area contributed by atoms with Gasteiger partial charge in [-0.3, -0.25) is 4.90 Å². The molecule has 2 unspecified atom stereocenters. The number of halogens is 1. The second kappa shape index (κ2) is 4.79. The monoisotopic (exact) mass is 261 g/mol. The number of fused-ring (bicyclic) bond motifs is 1. The molecular weight excluding hydrogens is 246 g/mol. The van der Waals surface area contributed by atoms with Crippen LogP contribution in [0.3, 0.4) is 0 Å². The summed E-state index contributed by atoms with van der Waals surface area (Å²) in [5.74, 6) is 0. The Morgan fingerprint density at radius 2 is 2.22 bits per heavy atom. The highest BCUT2D eigenvalue weighted by Crippen LogP contribution is 2.32. The van der Waals surface area contributed by atoms with Crippen molar-refractivity contribution in [3.63, 3.8) is 0 Å². The van der Waals surface area contributed by atoms with E-state index >= 15 is 0 Å². The van der Waals surface area contributed by atoms with E-state index in [4.69, 9.17) is 11.6 Å². The molecule has 0 spiro atoms. The van der Waals surface area contributed by atoms with E-state index in [-0.39, 0.29) is 0 Å². The number of rotatable bonds is 2.